The maximum absolute atomic E-state index is 14.7. The molecule has 0 unspecified atom stereocenters. The Bertz CT molecular complexity index is 2500. The molecule has 2 fully saturated rings. The fourth-order valence-electron chi connectivity index (χ4n) is 9.02. The van der Waals surface area contributed by atoms with Gasteiger partial charge >= 0.3 is 5.97 Å². The Labute approximate surface area is 356 Å². The summed E-state index contributed by atoms with van der Waals surface area (Å²) in [6.07, 6.45) is 8.53. The van der Waals surface area contributed by atoms with Crippen molar-refractivity contribution in [2.75, 3.05) is 49.1 Å². The molecule has 3 heterocycles. The number of allylic oxidation sites excluding steroid dienone is 5. The van der Waals surface area contributed by atoms with Gasteiger partial charge in [-0.05, 0) is 113 Å². The molecule has 61 heavy (non-hydrogen) atoms. The summed E-state index contributed by atoms with van der Waals surface area (Å²) in [5.74, 6) is -3.56. The van der Waals surface area contributed by atoms with Crippen LogP contribution in [-0.4, -0.2) is 110 Å². The van der Waals surface area contributed by atoms with E-state index in [-0.39, 0.29) is 57.8 Å². The molecular formula is C44H52N4O11S2. The highest BCUT2D eigenvalue weighted by atomic mass is 32.2. The molecule has 7 rings (SSSR count). The van der Waals surface area contributed by atoms with E-state index in [4.69, 9.17) is 9.83 Å². The molecule has 2 saturated heterocycles. The zero-order valence-electron chi connectivity index (χ0n) is 34.7. The van der Waals surface area contributed by atoms with Gasteiger partial charge in [-0.3, -0.25) is 28.5 Å². The molecule has 2 N–H and O–H groups in total. The Kier molecular flexibility index (Phi) is 12.6. The highest BCUT2D eigenvalue weighted by molar-refractivity contribution is 7.86. The number of piperidine rings is 1. The second kappa shape index (κ2) is 17.4. The molecule has 3 aliphatic heterocycles. The third kappa shape index (κ3) is 9.44. The Morgan fingerprint density at radius 2 is 1.59 bits per heavy atom. The van der Waals surface area contributed by atoms with Crippen LogP contribution in [0.3, 0.4) is 0 Å². The quantitative estimate of drug-likeness (QED) is 0.195. The SMILES string of the molecule is CCCCC1=CC2=C(c3ccccc3C(=O)N3CCC(C(=O)ON4C(=O)CCC4=O)CC3)c3cc4c(cc3C(C)(C)C2=C/C1=N\CCS(=O)(=O)O)N(CCS(=O)(=O)O)CCC4. The summed E-state index contributed by atoms with van der Waals surface area (Å²) >= 11 is 0. The Morgan fingerprint density at radius 1 is 0.902 bits per heavy atom. The van der Waals surface area contributed by atoms with E-state index in [9.17, 15) is 45.1 Å². The van der Waals surface area contributed by atoms with Crippen molar-refractivity contribution < 1.29 is 50.0 Å². The van der Waals surface area contributed by atoms with Gasteiger partial charge in [0.2, 0.25) is 0 Å². The molecule has 0 aromatic heterocycles. The fraction of sp³-hybridized carbons (Fsp3) is 0.477. The lowest BCUT2D eigenvalue weighted by molar-refractivity contribution is -0.201. The zero-order valence-corrected chi connectivity index (χ0v) is 36.3. The molecule has 5 aliphatic rings. The molecule has 3 amide bonds. The molecule has 17 heteroatoms. The van der Waals surface area contributed by atoms with Crippen LogP contribution in [-0.2, 0) is 51.3 Å². The number of hydrogen-bond donors (Lipinski definition) is 2. The summed E-state index contributed by atoms with van der Waals surface area (Å²) in [6, 6.07) is 11.7. The molecular weight excluding hydrogens is 825 g/mol. The van der Waals surface area contributed by atoms with Gasteiger partial charge in [-0.2, -0.15) is 16.8 Å². The highest BCUT2D eigenvalue weighted by Crippen LogP contribution is 2.53. The summed E-state index contributed by atoms with van der Waals surface area (Å²) < 4.78 is 66.2. The number of nitrogens with zero attached hydrogens (tertiary/aromatic N) is 4. The summed E-state index contributed by atoms with van der Waals surface area (Å²) in [5.41, 5.74) is 8.30. The van der Waals surface area contributed by atoms with Crippen LogP contribution in [0.25, 0.3) is 5.57 Å². The number of amides is 3. The molecule has 326 valence electrons. The number of fused-ring (bicyclic) bond motifs is 3. The highest BCUT2D eigenvalue weighted by Gasteiger charge is 2.42. The van der Waals surface area contributed by atoms with Gasteiger partial charge in [0.15, 0.2) is 0 Å². The predicted octanol–water partition coefficient (Wildman–Crippen LogP) is 5.26. The first kappa shape index (κ1) is 44.1. The monoisotopic (exact) mass is 876 g/mol. The van der Waals surface area contributed by atoms with Crippen LogP contribution in [0.5, 0.6) is 0 Å². The van der Waals surface area contributed by atoms with Crippen LogP contribution in [0.2, 0.25) is 0 Å². The summed E-state index contributed by atoms with van der Waals surface area (Å²) in [7, 11) is -8.47. The third-order valence-electron chi connectivity index (χ3n) is 12.3. The minimum Gasteiger partial charge on any atom is -0.370 e. The third-order valence-corrected chi connectivity index (χ3v) is 13.7. The molecule has 2 aromatic carbocycles. The molecule has 2 aliphatic carbocycles. The molecule has 15 nitrogen and oxygen atoms in total. The minimum atomic E-state index is -4.26. The fourth-order valence-corrected chi connectivity index (χ4v) is 9.80. The van der Waals surface area contributed by atoms with E-state index in [0.29, 0.717) is 34.9 Å². The molecule has 0 spiro atoms. The number of aryl methyl sites for hydroxylation is 1. The van der Waals surface area contributed by atoms with Crippen molar-refractivity contribution in [3.05, 3.63) is 93.1 Å². The van der Waals surface area contributed by atoms with Crippen LogP contribution < -0.4 is 4.90 Å². The Balaban J connectivity index is 1.32. The summed E-state index contributed by atoms with van der Waals surface area (Å²) in [5, 5.41) is 0.549. The van der Waals surface area contributed by atoms with Crippen molar-refractivity contribution in [1.82, 2.24) is 9.96 Å². The maximum atomic E-state index is 14.7. The lowest BCUT2D eigenvalue weighted by Gasteiger charge is -2.42. The van der Waals surface area contributed by atoms with Gasteiger partial charge in [0, 0.05) is 55.7 Å². The van der Waals surface area contributed by atoms with E-state index in [0.717, 1.165) is 70.4 Å². The number of carbonyl (C=O) groups excluding carboxylic acids is 4. The lowest BCUT2D eigenvalue weighted by Crippen LogP contribution is -2.42. The van der Waals surface area contributed by atoms with Gasteiger partial charge in [0.1, 0.15) is 0 Å². The maximum Gasteiger partial charge on any atom is 0.336 e. The molecule has 2 aromatic rings. The van der Waals surface area contributed by atoms with Crippen LogP contribution in [0, 0.1) is 5.92 Å². The second-order valence-electron chi connectivity index (χ2n) is 16.8. The van der Waals surface area contributed by atoms with Crippen LogP contribution >= 0.6 is 0 Å². The topological polar surface area (TPSA) is 208 Å². The summed E-state index contributed by atoms with van der Waals surface area (Å²) in [6.45, 7) is 7.32. The van der Waals surface area contributed by atoms with Crippen LogP contribution in [0.4, 0.5) is 5.69 Å². The smallest absolute Gasteiger partial charge is 0.336 e. The number of carbonyl (C=O) groups is 4. The number of hydrogen-bond acceptors (Lipinski definition) is 11. The first-order valence-corrected chi connectivity index (χ1v) is 24.1. The second-order valence-corrected chi connectivity index (χ2v) is 19.9. The molecule has 0 radical (unpaired) electrons. The number of unbranched alkanes of at least 4 members (excludes halogenated alkanes) is 1. The van der Waals surface area contributed by atoms with Gasteiger partial charge in [-0.25, -0.2) is 4.79 Å². The first-order valence-electron chi connectivity index (χ1n) is 20.9. The van der Waals surface area contributed by atoms with Crippen molar-refractivity contribution in [2.45, 2.75) is 84.0 Å². The van der Waals surface area contributed by atoms with E-state index < -0.39 is 60.9 Å². The lowest BCUT2D eigenvalue weighted by atomic mass is 9.63. The van der Waals surface area contributed by atoms with Gasteiger partial charge in [-0.15, -0.1) is 5.06 Å². The number of likely N-dealkylation sites (tertiary alicyclic amines) is 1. The number of benzene rings is 2. The number of rotatable bonds is 13. The number of aliphatic imine (C=N–C) groups is 1. The Hall–Kier alpha value is -4.97. The zero-order chi connectivity index (χ0) is 43.9. The van der Waals surface area contributed by atoms with Gasteiger partial charge in [0.25, 0.3) is 38.0 Å². The number of hydroxylamine groups is 2. The van der Waals surface area contributed by atoms with Crippen molar-refractivity contribution in [3.63, 3.8) is 0 Å². The average Bonchev–Trinajstić information content (AvgIpc) is 3.53. The van der Waals surface area contributed by atoms with E-state index >= 15 is 0 Å². The van der Waals surface area contributed by atoms with Crippen molar-refractivity contribution >= 4 is 60.9 Å². The van der Waals surface area contributed by atoms with E-state index in [1.54, 1.807) is 11.0 Å². The van der Waals surface area contributed by atoms with Gasteiger partial charge in [0.05, 0.1) is 29.7 Å². The average molecular weight is 877 g/mol. The van der Waals surface area contributed by atoms with Gasteiger partial charge in [-0.1, -0.05) is 45.4 Å². The minimum absolute atomic E-state index is 0.00447. The molecule has 0 bridgehead atoms. The largest absolute Gasteiger partial charge is 0.370 e. The van der Waals surface area contributed by atoms with Crippen LogP contribution in [0.15, 0.2) is 70.3 Å². The normalized spacial score (nSPS) is 20.0. The predicted molar refractivity (Wildman–Crippen MR) is 229 cm³/mol. The molecule has 0 saturated carbocycles. The van der Waals surface area contributed by atoms with E-state index in [2.05, 4.69) is 39.0 Å². The standard InChI is InChI=1S/C44H52N4O11S2/c1-4-5-9-29-24-33-35(26-37(29)45-17-22-60(53,54)55)44(2,3)36-27-38-30(10-8-18-46(38)21-23-61(56,57)58)25-34(36)41(33)31-11-6-7-12-32(31)42(51)47-19-15-28(16-20-47)43(52)59-48-39(49)13-14-40(48)50/h6-7,11-12,24-28H,4-5,8-10,13-23H2,1-3H3,(H,53,54,55)(H,56,57,58)/b45-37+. The molecule has 0 atom stereocenters. The first-order chi connectivity index (χ1) is 28.9. The van der Waals surface area contributed by atoms with Crippen molar-refractivity contribution in [1.29, 1.82) is 0 Å². The van der Waals surface area contributed by atoms with Crippen LogP contribution in [0.1, 0.15) is 105 Å². The van der Waals surface area contributed by atoms with E-state index in [1.807, 2.05) is 29.2 Å². The van der Waals surface area contributed by atoms with Gasteiger partial charge < -0.3 is 14.6 Å². The Morgan fingerprint density at radius 3 is 2.26 bits per heavy atom. The summed E-state index contributed by atoms with van der Waals surface area (Å²) in [4.78, 5) is 65.4. The number of anilines is 1. The number of imide groups is 1. The van der Waals surface area contributed by atoms with Crippen molar-refractivity contribution in [3.8, 4) is 0 Å². The van der Waals surface area contributed by atoms with E-state index in [1.165, 1.54) is 0 Å². The van der Waals surface area contributed by atoms with Crippen molar-refractivity contribution in [2.24, 2.45) is 10.9 Å².